The maximum absolute atomic E-state index is 14.1. The molecule has 3 fully saturated rings. The quantitative estimate of drug-likeness (QED) is 0.110. The van der Waals surface area contributed by atoms with E-state index in [2.05, 4.69) is 6.92 Å². The third-order valence-corrected chi connectivity index (χ3v) is 9.10. The molecule has 3 aliphatic heterocycles. The summed E-state index contributed by atoms with van der Waals surface area (Å²) in [6.07, 6.45) is -1.30. The van der Waals surface area contributed by atoms with Crippen LogP contribution in [0.4, 0.5) is 4.39 Å². The lowest BCUT2D eigenvalue weighted by Crippen LogP contribution is -2.54. The van der Waals surface area contributed by atoms with Crippen LogP contribution >= 0.6 is 0 Å². The van der Waals surface area contributed by atoms with Crippen LogP contribution in [-0.2, 0) is 56.8 Å². The Balaban J connectivity index is 0. The van der Waals surface area contributed by atoms with Crippen LogP contribution in [0.1, 0.15) is 125 Å². The van der Waals surface area contributed by atoms with Gasteiger partial charge < -0.3 is 56.8 Å². The molecule has 0 amide bonds. The van der Waals surface area contributed by atoms with Crippen LogP contribution in [0.25, 0.3) is 0 Å². The molecule has 3 saturated heterocycles. The van der Waals surface area contributed by atoms with E-state index in [1.807, 2.05) is 111 Å². The Morgan fingerprint density at radius 2 is 0.914 bits per heavy atom. The zero-order valence-corrected chi connectivity index (χ0v) is 39.6. The normalized spacial score (nSPS) is 31.1. The van der Waals surface area contributed by atoms with Gasteiger partial charge in [-0.2, -0.15) is 0 Å². The summed E-state index contributed by atoms with van der Waals surface area (Å²) < 4.78 is 82.5. The van der Waals surface area contributed by atoms with E-state index in [1.165, 1.54) is 0 Å². The second-order valence-corrected chi connectivity index (χ2v) is 16.6. The smallest absolute Gasteiger partial charge is 0.134 e. The monoisotopic (exact) mass is 845 g/mol. The minimum atomic E-state index is -0.980. The zero-order valence-electron chi connectivity index (χ0n) is 39.6. The zero-order chi connectivity index (χ0) is 43.8. The molecule has 0 aromatic rings. The van der Waals surface area contributed by atoms with Crippen molar-refractivity contribution in [2.45, 2.75) is 223 Å². The summed E-state index contributed by atoms with van der Waals surface area (Å²) in [4.78, 5) is 0. The molecule has 13 heteroatoms. The molecular formula is C45H93FO12. The molecule has 0 N–H and O–H groups in total. The topological polar surface area (TPSA) is 111 Å². The van der Waals surface area contributed by atoms with Crippen LogP contribution in [0, 0.1) is 11.8 Å². The Morgan fingerprint density at radius 3 is 1.33 bits per heavy atom. The molecule has 12 atom stereocenters. The maximum atomic E-state index is 14.1. The highest BCUT2D eigenvalue weighted by Gasteiger charge is 2.45. The van der Waals surface area contributed by atoms with Crippen LogP contribution in [-0.4, -0.2) is 158 Å². The SMILES string of the molecule is C.CC.CC(C)OC[C@H]1OC[C@@H](C)[C@H](F)[C@@H]1OC(C)C.COCCO[C@@H]1[C@H](OC(C)C)[C@@H](COC(C)C)O[C@H]1C.CO[C@@H]1[C@H](OC(C)C)[C@@H](COC(C)C)OC[C@H]1C. The average molecular weight is 845 g/mol. The van der Waals surface area contributed by atoms with E-state index in [9.17, 15) is 4.39 Å². The fourth-order valence-electron chi connectivity index (χ4n) is 6.48. The molecule has 12 nitrogen and oxygen atoms in total. The Kier molecular flexibility index (Phi) is 33.9. The fourth-order valence-corrected chi connectivity index (χ4v) is 6.48. The van der Waals surface area contributed by atoms with Gasteiger partial charge in [-0.05, 0) is 90.0 Å². The summed E-state index contributed by atoms with van der Waals surface area (Å²) in [5.74, 6) is 0.225. The highest BCUT2D eigenvalue weighted by molar-refractivity contribution is 4.92. The first-order chi connectivity index (χ1) is 26.8. The molecule has 3 rings (SSSR count). The molecular weight excluding hydrogens is 751 g/mol. The first-order valence-electron chi connectivity index (χ1n) is 21.8. The summed E-state index contributed by atoms with van der Waals surface area (Å²) in [5.41, 5.74) is 0. The Morgan fingerprint density at radius 1 is 0.517 bits per heavy atom. The molecule has 0 aliphatic carbocycles. The van der Waals surface area contributed by atoms with Gasteiger partial charge in [-0.15, -0.1) is 0 Å². The van der Waals surface area contributed by atoms with Gasteiger partial charge in [-0.25, -0.2) is 4.39 Å². The predicted octanol–water partition coefficient (Wildman–Crippen LogP) is 8.52. The third kappa shape index (κ3) is 23.6. The van der Waals surface area contributed by atoms with Crippen molar-refractivity contribution < 1.29 is 61.2 Å². The molecule has 0 radical (unpaired) electrons. The van der Waals surface area contributed by atoms with Gasteiger partial charge in [0.15, 0.2) is 0 Å². The van der Waals surface area contributed by atoms with E-state index in [-0.39, 0.29) is 98.8 Å². The number of halogens is 1. The second kappa shape index (κ2) is 33.1. The second-order valence-electron chi connectivity index (χ2n) is 16.6. The largest absolute Gasteiger partial charge is 0.382 e. The first-order valence-corrected chi connectivity index (χ1v) is 21.8. The molecule has 0 bridgehead atoms. The van der Waals surface area contributed by atoms with Crippen LogP contribution < -0.4 is 0 Å². The van der Waals surface area contributed by atoms with Crippen molar-refractivity contribution in [3.8, 4) is 0 Å². The van der Waals surface area contributed by atoms with Gasteiger partial charge in [0.25, 0.3) is 0 Å². The van der Waals surface area contributed by atoms with Gasteiger partial charge >= 0.3 is 0 Å². The molecule has 0 spiro atoms. The van der Waals surface area contributed by atoms with Crippen molar-refractivity contribution >= 4 is 0 Å². The van der Waals surface area contributed by atoms with E-state index in [0.717, 1.165) is 0 Å². The van der Waals surface area contributed by atoms with E-state index >= 15 is 0 Å². The molecule has 0 unspecified atom stereocenters. The van der Waals surface area contributed by atoms with Crippen LogP contribution in [0.15, 0.2) is 0 Å². The maximum Gasteiger partial charge on any atom is 0.134 e. The van der Waals surface area contributed by atoms with Crippen molar-refractivity contribution in [2.75, 3.05) is 60.5 Å². The predicted molar refractivity (Wildman–Crippen MR) is 231 cm³/mol. The van der Waals surface area contributed by atoms with Crippen LogP contribution in [0.5, 0.6) is 0 Å². The van der Waals surface area contributed by atoms with Gasteiger partial charge in [0.05, 0.1) is 95.1 Å². The van der Waals surface area contributed by atoms with E-state index < -0.39 is 12.3 Å². The molecule has 58 heavy (non-hydrogen) atoms. The molecule has 0 saturated carbocycles. The van der Waals surface area contributed by atoms with Crippen LogP contribution in [0.3, 0.4) is 0 Å². The third-order valence-electron chi connectivity index (χ3n) is 9.10. The van der Waals surface area contributed by atoms with Gasteiger partial charge in [-0.1, -0.05) is 35.1 Å². The highest BCUT2D eigenvalue weighted by Crippen LogP contribution is 2.29. The average Bonchev–Trinajstić information content (AvgIpc) is 3.42. The number of methoxy groups -OCH3 is 2. The first kappa shape index (κ1) is 59.5. The molecule has 3 aliphatic rings. The van der Waals surface area contributed by atoms with Gasteiger partial charge in [0, 0.05) is 26.1 Å². The van der Waals surface area contributed by atoms with Crippen molar-refractivity contribution in [2.24, 2.45) is 11.8 Å². The molecule has 0 aromatic heterocycles. The number of hydrogen-bond acceptors (Lipinski definition) is 12. The van der Waals surface area contributed by atoms with Crippen molar-refractivity contribution in [1.29, 1.82) is 0 Å². The molecule has 352 valence electrons. The molecule has 3 heterocycles. The summed E-state index contributed by atoms with van der Waals surface area (Å²) in [6.45, 7) is 37.7. The number of rotatable bonds is 20. The van der Waals surface area contributed by atoms with Crippen molar-refractivity contribution in [3.63, 3.8) is 0 Å². The van der Waals surface area contributed by atoms with Crippen molar-refractivity contribution in [1.82, 2.24) is 0 Å². The standard InChI is InChI=1S/C15H30O5.C14H28O4.C13H25FO3.C2H6.CH4/c1-10(2)18-9-13-15(19-11(3)4)14(12(5)20-13)17-8-7-16-6;1-9(2)16-8-12-14(18-10(3)4)13(15-6)11(5)7-17-12;1-8(2)15-7-11-13(17-9(3)4)12(14)10(5)6-16-11;1-2;/h10-15H,7-9H2,1-6H3;9-14H,7-8H2,1-6H3;8-13H,6-7H2,1-5H3;1-2H3;1H4/t12-,13+,14-,15+;11-,12-,13+,14-;10-,11-,12+,13-;;/m011../s1. The number of alkyl halides is 1. The van der Waals surface area contributed by atoms with Gasteiger partial charge in [0.1, 0.15) is 48.9 Å². The Labute approximate surface area is 355 Å². The summed E-state index contributed by atoms with van der Waals surface area (Å²) in [5, 5.41) is 0. The highest BCUT2D eigenvalue weighted by atomic mass is 19.1. The minimum Gasteiger partial charge on any atom is -0.382 e. The molecule has 0 aromatic carbocycles. The lowest BCUT2D eigenvalue weighted by Gasteiger charge is -2.41. The Hall–Kier alpha value is -0.550. The van der Waals surface area contributed by atoms with Gasteiger partial charge in [0.2, 0.25) is 0 Å². The van der Waals surface area contributed by atoms with E-state index in [4.69, 9.17) is 56.8 Å². The minimum absolute atomic E-state index is 0. The summed E-state index contributed by atoms with van der Waals surface area (Å²) in [7, 11) is 3.41. The number of ether oxygens (including phenoxy) is 12. The van der Waals surface area contributed by atoms with Crippen LogP contribution in [0.2, 0.25) is 0 Å². The number of hydrogen-bond donors (Lipinski definition) is 0. The van der Waals surface area contributed by atoms with E-state index in [0.29, 0.717) is 52.2 Å². The van der Waals surface area contributed by atoms with Crippen molar-refractivity contribution in [3.05, 3.63) is 0 Å². The summed E-state index contributed by atoms with van der Waals surface area (Å²) >= 11 is 0. The van der Waals surface area contributed by atoms with E-state index in [1.54, 1.807) is 14.2 Å². The Bertz CT molecular complexity index is 941. The lowest BCUT2D eigenvalue weighted by molar-refractivity contribution is -0.215. The summed E-state index contributed by atoms with van der Waals surface area (Å²) in [6, 6.07) is 0. The fraction of sp³-hybridized carbons (Fsp3) is 1.00. The lowest BCUT2D eigenvalue weighted by atomic mass is 9.93. The van der Waals surface area contributed by atoms with Gasteiger partial charge in [-0.3, -0.25) is 0 Å².